The normalized spacial score (nSPS) is 13.5. The average molecular weight is 361 g/mol. The zero-order valence-corrected chi connectivity index (χ0v) is 15.1. The van der Waals surface area contributed by atoms with Crippen LogP contribution in [0.3, 0.4) is 0 Å². The summed E-state index contributed by atoms with van der Waals surface area (Å²) in [7, 11) is 1.41. The Hall–Kier alpha value is -1.99. The largest absolute Gasteiger partial charge is 0.465 e. The molecule has 24 heavy (non-hydrogen) atoms. The molecule has 0 aliphatic heterocycles. The number of methoxy groups -OCH3 is 1. The van der Waals surface area contributed by atoms with Crippen LogP contribution < -0.4 is 10.6 Å². The summed E-state index contributed by atoms with van der Waals surface area (Å²) in [5.74, 6) is 0.352. The third kappa shape index (κ3) is 3.73. The second-order valence-electron chi connectivity index (χ2n) is 5.55. The predicted molar refractivity (Wildman–Crippen MR) is 101 cm³/mol. The van der Waals surface area contributed by atoms with Gasteiger partial charge in [0.25, 0.3) is 0 Å². The predicted octanol–water partition coefficient (Wildman–Crippen LogP) is 4.01. The van der Waals surface area contributed by atoms with Crippen LogP contribution in [-0.2, 0) is 17.6 Å². The van der Waals surface area contributed by atoms with E-state index in [9.17, 15) is 4.79 Å². The number of nitrogens with one attached hydrogen (secondary N) is 2. The lowest BCUT2D eigenvalue weighted by Crippen LogP contribution is -2.20. The van der Waals surface area contributed by atoms with Crippen LogP contribution in [0.15, 0.2) is 24.4 Å². The van der Waals surface area contributed by atoms with Crippen LogP contribution in [0.5, 0.6) is 0 Å². The van der Waals surface area contributed by atoms with Gasteiger partial charge in [-0.15, -0.1) is 11.3 Å². The van der Waals surface area contributed by atoms with Gasteiger partial charge in [0.1, 0.15) is 10.8 Å². The summed E-state index contributed by atoms with van der Waals surface area (Å²) >= 11 is 6.96. The first-order valence-electron chi connectivity index (χ1n) is 7.91. The Kier molecular flexibility index (Phi) is 5.42. The lowest BCUT2D eigenvalue weighted by molar-refractivity contribution is 0.0601. The summed E-state index contributed by atoms with van der Waals surface area (Å²) in [6, 6.07) is 5.55. The minimum Gasteiger partial charge on any atom is -0.465 e. The van der Waals surface area contributed by atoms with Crippen LogP contribution in [0, 0.1) is 0 Å². The minimum atomic E-state index is -0.308. The zero-order chi connectivity index (χ0) is 16.9. The number of carbonyl (C=O) groups is 1. The molecule has 1 aliphatic carbocycles. The van der Waals surface area contributed by atoms with Crippen LogP contribution in [0.25, 0.3) is 0 Å². The fraction of sp³-hybridized carbons (Fsp3) is 0.353. The molecule has 5 nitrogen and oxygen atoms in total. The van der Waals surface area contributed by atoms with Crippen molar-refractivity contribution in [2.45, 2.75) is 32.1 Å². The molecule has 126 valence electrons. The zero-order valence-electron chi connectivity index (χ0n) is 13.4. The number of aromatic nitrogens is 1. The fourth-order valence-corrected chi connectivity index (χ4v) is 4.39. The highest BCUT2D eigenvalue weighted by Crippen LogP contribution is 2.38. The second kappa shape index (κ2) is 7.72. The lowest BCUT2D eigenvalue weighted by atomic mass is 10.1. The average Bonchev–Trinajstić information content (AvgIpc) is 2.76. The van der Waals surface area contributed by atoms with E-state index in [2.05, 4.69) is 15.6 Å². The van der Waals surface area contributed by atoms with E-state index >= 15 is 0 Å². The topological polar surface area (TPSA) is 63.2 Å². The molecule has 0 unspecified atom stereocenters. The molecule has 0 spiro atoms. The van der Waals surface area contributed by atoms with Gasteiger partial charge in [0.05, 0.1) is 12.7 Å². The van der Waals surface area contributed by atoms with Gasteiger partial charge in [-0.05, 0) is 55.6 Å². The molecule has 3 rings (SSSR count). The van der Waals surface area contributed by atoms with Crippen LogP contribution >= 0.6 is 23.6 Å². The number of thiophene rings is 1. The number of carbonyl (C=O) groups excluding carboxylic acids is 1. The Labute approximate surface area is 150 Å². The van der Waals surface area contributed by atoms with Crippen molar-refractivity contribution in [2.24, 2.45) is 0 Å². The number of ether oxygens (including phenoxy) is 1. The highest BCUT2D eigenvalue weighted by molar-refractivity contribution is 7.80. The van der Waals surface area contributed by atoms with Crippen molar-refractivity contribution in [2.75, 3.05) is 17.7 Å². The lowest BCUT2D eigenvalue weighted by Gasteiger charge is -2.10. The number of nitrogens with zero attached hydrogens (tertiary/aromatic N) is 1. The van der Waals surface area contributed by atoms with Crippen LogP contribution in [0.2, 0.25) is 0 Å². The minimum absolute atomic E-state index is 0.308. The first kappa shape index (κ1) is 16.9. The van der Waals surface area contributed by atoms with Crippen molar-refractivity contribution in [3.63, 3.8) is 0 Å². The van der Waals surface area contributed by atoms with Gasteiger partial charge < -0.3 is 15.4 Å². The van der Waals surface area contributed by atoms with Crippen molar-refractivity contribution < 1.29 is 9.53 Å². The quantitative estimate of drug-likeness (QED) is 0.489. The number of aryl methyl sites for hydroxylation is 1. The van der Waals surface area contributed by atoms with E-state index in [1.54, 1.807) is 17.5 Å². The molecule has 0 saturated carbocycles. The van der Waals surface area contributed by atoms with Gasteiger partial charge >= 0.3 is 5.97 Å². The molecule has 0 amide bonds. The van der Waals surface area contributed by atoms with Gasteiger partial charge in [0, 0.05) is 11.1 Å². The summed E-state index contributed by atoms with van der Waals surface area (Å²) in [5.41, 5.74) is 1.75. The maximum Gasteiger partial charge on any atom is 0.341 e. The summed E-state index contributed by atoms with van der Waals surface area (Å²) in [5, 5.41) is 7.35. The Bertz CT molecular complexity index is 744. The molecule has 0 atom stereocenters. The van der Waals surface area contributed by atoms with Crippen molar-refractivity contribution >= 4 is 45.5 Å². The van der Waals surface area contributed by atoms with Gasteiger partial charge in [-0.2, -0.15) is 0 Å². The van der Waals surface area contributed by atoms with E-state index in [0.717, 1.165) is 36.2 Å². The first-order valence-corrected chi connectivity index (χ1v) is 9.13. The Balaban J connectivity index is 1.84. The summed E-state index contributed by atoms with van der Waals surface area (Å²) in [6.45, 7) is 0. The molecule has 0 fully saturated rings. The Morgan fingerprint density at radius 2 is 2.08 bits per heavy atom. The molecule has 1 aliphatic rings. The van der Waals surface area contributed by atoms with Crippen molar-refractivity contribution in [3.05, 3.63) is 40.4 Å². The molecule has 0 radical (unpaired) electrons. The molecule has 0 bridgehead atoms. The summed E-state index contributed by atoms with van der Waals surface area (Å²) in [6.07, 6.45) is 7.07. The number of hydrogen-bond acceptors (Lipinski definition) is 5. The van der Waals surface area contributed by atoms with E-state index in [-0.39, 0.29) is 5.97 Å². The molecule has 2 aromatic rings. The van der Waals surface area contributed by atoms with E-state index in [4.69, 9.17) is 17.0 Å². The molecule has 2 aromatic heterocycles. The van der Waals surface area contributed by atoms with E-state index < -0.39 is 0 Å². The maximum atomic E-state index is 12.3. The Morgan fingerprint density at radius 3 is 2.83 bits per heavy atom. The smallest absolute Gasteiger partial charge is 0.341 e. The first-order chi connectivity index (χ1) is 11.7. The summed E-state index contributed by atoms with van der Waals surface area (Å²) in [4.78, 5) is 17.7. The molecule has 2 heterocycles. The van der Waals surface area contributed by atoms with Gasteiger partial charge in [-0.25, -0.2) is 9.78 Å². The van der Waals surface area contributed by atoms with Crippen LogP contribution in [-0.4, -0.2) is 23.2 Å². The number of hydrogen-bond donors (Lipinski definition) is 2. The number of thiocarbonyl (C=S) groups is 1. The van der Waals surface area contributed by atoms with E-state index in [1.807, 2.05) is 18.2 Å². The molecule has 7 heteroatoms. The van der Waals surface area contributed by atoms with Crippen molar-refractivity contribution in [3.8, 4) is 0 Å². The van der Waals surface area contributed by atoms with Crippen LogP contribution in [0.1, 0.15) is 40.1 Å². The maximum absolute atomic E-state index is 12.3. The third-order valence-corrected chi connectivity index (χ3v) is 5.36. The van der Waals surface area contributed by atoms with Gasteiger partial charge in [0.2, 0.25) is 0 Å². The van der Waals surface area contributed by atoms with Crippen LogP contribution in [0.4, 0.5) is 10.8 Å². The number of pyridine rings is 1. The molecular weight excluding hydrogens is 342 g/mol. The standard InChI is InChI=1S/C17H19N3O2S2/c1-22-16(21)14-11-7-3-2-4-8-12(11)24-15(14)20-17(23)19-13-9-5-6-10-18-13/h5-6,9-10H,2-4,7-8H2,1H3,(H2,18,19,20,23). The van der Waals surface area contributed by atoms with Crippen molar-refractivity contribution in [1.29, 1.82) is 0 Å². The number of anilines is 2. The third-order valence-electron chi connectivity index (χ3n) is 3.94. The van der Waals surface area contributed by atoms with Gasteiger partial charge in [-0.3, -0.25) is 0 Å². The SMILES string of the molecule is COC(=O)c1c(NC(=S)Nc2ccccn2)sc2c1CCCCC2. The van der Waals surface area contributed by atoms with E-state index in [0.29, 0.717) is 16.5 Å². The molecule has 0 saturated heterocycles. The highest BCUT2D eigenvalue weighted by Gasteiger charge is 2.25. The Morgan fingerprint density at radius 1 is 1.25 bits per heavy atom. The fourth-order valence-electron chi connectivity index (χ4n) is 2.84. The summed E-state index contributed by atoms with van der Waals surface area (Å²) < 4.78 is 4.99. The molecule has 2 N–H and O–H groups in total. The molecule has 0 aromatic carbocycles. The van der Waals surface area contributed by atoms with Gasteiger partial charge in [-0.1, -0.05) is 12.5 Å². The number of fused-ring (bicyclic) bond motifs is 1. The number of esters is 1. The highest BCUT2D eigenvalue weighted by atomic mass is 32.1. The van der Waals surface area contributed by atoms with E-state index in [1.165, 1.54) is 18.4 Å². The second-order valence-corrected chi connectivity index (χ2v) is 7.07. The molecular formula is C17H19N3O2S2. The van der Waals surface area contributed by atoms with Gasteiger partial charge in [0.15, 0.2) is 5.11 Å². The monoisotopic (exact) mass is 361 g/mol. The van der Waals surface area contributed by atoms with Crippen molar-refractivity contribution in [1.82, 2.24) is 4.98 Å². The number of rotatable bonds is 3.